The molecule has 0 spiro atoms. The molecule has 0 bridgehead atoms. The molecule has 1 fully saturated rings. The molecule has 0 radical (unpaired) electrons. The van der Waals surface area contributed by atoms with Gasteiger partial charge in [0.2, 0.25) is 0 Å². The number of nitrogens with zero attached hydrogens (tertiary/aromatic N) is 1. The number of rotatable bonds is 4. The number of likely N-dealkylation sites (tertiary alicyclic amines) is 1. The molecule has 2 rings (SSSR count). The fraction of sp³-hybridized carbons (Fsp3) is 0.611. The van der Waals surface area contributed by atoms with Gasteiger partial charge in [-0.3, -0.25) is 0 Å². The van der Waals surface area contributed by atoms with E-state index in [4.69, 9.17) is 4.74 Å². The van der Waals surface area contributed by atoms with Crippen molar-refractivity contribution >= 4 is 6.09 Å². The average molecular weight is 322 g/mol. The Kier molecular flexibility index (Phi) is 5.63. The highest BCUT2D eigenvalue weighted by Crippen LogP contribution is 2.24. The smallest absolute Gasteiger partial charge is 0.410 e. The first-order valence-corrected chi connectivity index (χ1v) is 8.18. The fourth-order valence-electron chi connectivity index (χ4n) is 2.99. The molecule has 1 amide bonds. The van der Waals surface area contributed by atoms with Gasteiger partial charge >= 0.3 is 6.09 Å². The Morgan fingerprint density at radius 3 is 2.61 bits per heavy atom. The van der Waals surface area contributed by atoms with Gasteiger partial charge in [0.15, 0.2) is 0 Å². The molecule has 0 aromatic heterocycles. The Morgan fingerprint density at radius 2 is 2.04 bits per heavy atom. The second kappa shape index (κ2) is 7.30. The van der Waals surface area contributed by atoms with E-state index in [1.165, 1.54) is 12.1 Å². The molecular formula is C18H27FN2O2. The molecule has 1 N–H and O–H groups in total. The lowest BCUT2D eigenvalue weighted by molar-refractivity contribution is 0.0285. The van der Waals surface area contributed by atoms with Crippen LogP contribution in [0.15, 0.2) is 24.3 Å². The largest absolute Gasteiger partial charge is 0.444 e. The van der Waals surface area contributed by atoms with Crippen LogP contribution in [0, 0.1) is 11.7 Å². The minimum absolute atomic E-state index is 0.216. The van der Waals surface area contributed by atoms with Crippen molar-refractivity contribution < 1.29 is 13.9 Å². The molecule has 0 aliphatic carbocycles. The van der Waals surface area contributed by atoms with Gasteiger partial charge in [0.05, 0.1) is 0 Å². The van der Waals surface area contributed by atoms with Crippen molar-refractivity contribution in [2.45, 2.75) is 45.3 Å². The van der Waals surface area contributed by atoms with Gasteiger partial charge < -0.3 is 15.0 Å². The van der Waals surface area contributed by atoms with Crippen molar-refractivity contribution in [3.63, 3.8) is 0 Å². The van der Waals surface area contributed by atoms with Gasteiger partial charge in [0.25, 0.3) is 0 Å². The monoisotopic (exact) mass is 322 g/mol. The summed E-state index contributed by atoms with van der Waals surface area (Å²) in [7, 11) is 1.93. The van der Waals surface area contributed by atoms with Crippen molar-refractivity contribution in [3.05, 3.63) is 35.6 Å². The second-order valence-electron chi connectivity index (χ2n) is 7.20. The highest BCUT2D eigenvalue weighted by atomic mass is 19.1. The lowest BCUT2D eigenvalue weighted by Crippen LogP contribution is -2.39. The van der Waals surface area contributed by atoms with Crippen LogP contribution in [0.1, 0.15) is 32.8 Å². The predicted molar refractivity (Wildman–Crippen MR) is 88.9 cm³/mol. The van der Waals surface area contributed by atoms with E-state index in [9.17, 15) is 9.18 Å². The number of amides is 1. The maximum absolute atomic E-state index is 13.0. The summed E-state index contributed by atoms with van der Waals surface area (Å²) in [5.41, 5.74) is 0.632. The third kappa shape index (κ3) is 5.20. The van der Waals surface area contributed by atoms with E-state index >= 15 is 0 Å². The van der Waals surface area contributed by atoms with Crippen LogP contribution in [0.5, 0.6) is 0 Å². The number of hydrogen-bond acceptors (Lipinski definition) is 3. The molecule has 1 aromatic rings. The zero-order valence-corrected chi connectivity index (χ0v) is 14.4. The first kappa shape index (κ1) is 17.7. The Bertz CT molecular complexity index is 525. The molecule has 23 heavy (non-hydrogen) atoms. The highest BCUT2D eigenvalue weighted by Gasteiger charge is 2.33. The van der Waals surface area contributed by atoms with Crippen LogP contribution < -0.4 is 5.32 Å². The third-order valence-electron chi connectivity index (χ3n) is 4.19. The van der Waals surface area contributed by atoms with Crippen molar-refractivity contribution in [3.8, 4) is 0 Å². The number of nitrogens with one attached hydrogen (secondary N) is 1. The normalized spacial score (nSPS) is 19.7. The van der Waals surface area contributed by atoms with Gasteiger partial charge in [0, 0.05) is 19.1 Å². The van der Waals surface area contributed by atoms with Crippen LogP contribution >= 0.6 is 0 Å². The van der Waals surface area contributed by atoms with Crippen LogP contribution in [0.3, 0.4) is 0 Å². The van der Waals surface area contributed by atoms with Crippen LogP contribution in [0.25, 0.3) is 0 Å². The molecule has 1 heterocycles. The maximum Gasteiger partial charge on any atom is 0.410 e. The first-order valence-electron chi connectivity index (χ1n) is 8.18. The molecule has 128 valence electrons. The number of carbonyl (C=O) groups excluding carboxylic acids is 1. The predicted octanol–water partition coefficient (Wildman–Crippen LogP) is 3.21. The molecule has 1 saturated heterocycles. The summed E-state index contributed by atoms with van der Waals surface area (Å²) in [5.74, 6) is 0.157. The molecule has 5 heteroatoms. The summed E-state index contributed by atoms with van der Waals surface area (Å²) in [6.45, 7) is 7.05. The van der Waals surface area contributed by atoms with E-state index in [1.54, 1.807) is 4.90 Å². The summed E-state index contributed by atoms with van der Waals surface area (Å²) in [4.78, 5) is 13.9. The third-order valence-corrected chi connectivity index (χ3v) is 4.19. The number of likely N-dealkylation sites (N-methyl/N-ethyl adjacent to an activating group) is 1. The molecule has 1 aliphatic heterocycles. The minimum atomic E-state index is -0.467. The molecule has 1 aliphatic rings. The summed E-state index contributed by atoms with van der Waals surface area (Å²) < 4.78 is 18.4. The molecule has 1 aromatic carbocycles. The van der Waals surface area contributed by atoms with Crippen molar-refractivity contribution in [2.24, 2.45) is 5.92 Å². The van der Waals surface area contributed by atoms with E-state index in [2.05, 4.69) is 5.32 Å². The molecule has 0 saturated carbocycles. The van der Waals surface area contributed by atoms with Gasteiger partial charge in [0.1, 0.15) is 11.4 Å². The molecule has 4 nitrogen and oxygen atoms in total. The summed E-state index contributed by atoms with van der Waals surface area (Å²) >= 11 is 0. The lowest BCUT2D eigenvalue weighted by Gasteiger charge is -2.26. The van der Waals surface area contributed by atoms with Crippen molar-refractivity contribution in [1.29, 1.82) is 0 Å². The highest BCUT2D eigenvalue weighted by molar-refractivity contribution is 5.68. The van der Waals surface area contributed by atoms with Crippen LogP contribution in [-0.2, 0) is 11.2 Å². The summed E-state index contributed by atoms with van der Waals surface area (Å²) in [5, 5.41) is 3.34. The zero-order valence-electron chi connectivity index (χ0n) is 14.4. The number of halogens is 1. The zero-order chi connectivity index (χ0) is 17.0. The Labute approximate surface area is 138 Å². The first-order chi connectivity index (χ1) is 10.8. The topological polar surface area (TPSA) is 41.6 Å². The molecular weight excluding hydrogens is 295 g/mol. The Hall–Kier alpha value is -1.62. The number of hydrogen-bond donors (Lipinski definition) is 1. The van der Waals surface area contributed by atoms with Crippen LogP contribution in [0.2, 0.25) is 0 Å². The Morgan fingerprint density at radius 1 is 1.39 bits per heavy atom. The molecule has 2 unspecified atom stereocenters. The average Bonchev–Trinajstić information content (AvgIpc) is 2.94. The van der Waals surface area contributed by atoms with Gasteiger partial charge in [-0.2, -0.15) is 0 Å². The Balaban J connectivity index is 1.93. The summed E-state index contributed by atoms with van der Waals surface area (Å²) in [6.07, 6.45) is 1.53. The number of ether oxygens (including phenoxy) is 1. The second-order valence-corrected chi connectivity index (χ2v) is 7.20. The van der Waals surface area contributed by atoms with E-state index in [0.29, 0.717) is 12.5 Å². The van der Waals surface area contributed by atoms with Crippen molar-refractivity contribution in [1.82, 2.24) is 10.2 Å². The summed E-state index contributed by atoms with van der Waals surface area (Å²) in [6, 6.07) is 6.88. The van der Waals surface area contributed by atoms with E-state index in [0.717, 1.165) is 24.9 Å². The van der Waals surface area contributed by atoms with Gasteiger partial charge in [-0.05, 0) is 64.3 Å². The maximum atomic E-state index is 13.0. The van der Waals surface area contributed by atoms with Crippen molar-refractivity contribution in [2.75, 3.05) is 20.1 Å². The minimum Gasteiger partial charge on any atom is -0.444 e. The van der Waals surface area contributed by atoms with Gasteiger partial charge in [-0.25, -0.2) is 9.18 Å². The standard InChI is InChI=1S/C18H27FN2O2/c1-18(2,3)23-17(22)21-10-9-14(12-21)16(20-4)11-13-5-7-15(19)8-6-13/h5-8,14,16,20H,9-12H2,1-4H3. The van der Waals surface area contributed by atoms with E-state index in [-0.39, 0.29) is 18.0 Å². The fourth-order valence-corrected chi connectivity index (χ4v) is 2.99. The number of carbonyl (C=O) groups is 1. The van der Waals surface area contributed by atoms with Crippen LogP contribution in [-0.4, -0.2) is 42.8 Å². The molecule has 2 atom stereocenters. The quantitative estimate of drug-likeness (QED) is 0.925. The SMILES string of the molecule is CNC(Cc1ccc(F)cc1)C1CCN(C(=O)OC(C)(C)C)C1. The van der Waals surface area contributed by atoms with Gasteiger partial charge in [-0.1, -0.05) is 12.1 Å². The van der Waals surface area contributed by atoms with Crippen LogP contribution in [0.4, 0.5) is 9.18 Å². The van der Waals surface area contributed by atoms with Gasteiger partial charge in [-0.15, -0.1) is 0 Å². The van der Waals surface area contributed by atoms with E-state index < -0.39 is 5.60 Å². The number of benzene rings is 1. The van der Waals surface area contributed by atoms with E-state index in [1.807, 2.05) is 40.0 Å². The lowest BCUT2D eigenvalue weighted by atomic mass is 9.93.